The molecule has 5 nitrogen and oxygen atoms in total. The van der Waals surface area contributed by atoms with Gasteiger partial charge in [-0.15, -0.1) is 0 Å². The Morgan fingerprint density at radius 3 is 2.25 bits per heavy atom. The molecule has 0 spiro atoms. The molecule has 2 saturated heterocycles. The molecule has 2 bridgehead atoms. The van der Waals surface area contributed by atoms with E-state index in [1.807, 2.05) is 0 Å². The summed E-state index contributed by atoms with van der Waals surface area (Å²) >= 11 is 0. The highest BCUT2D eigenvalue weighted by Crippen LogP contribution is 2.43. The van der Waals surface area contributed by atoms with Gasteiger partial charge in [-0.3, -0.25) is 4.79 Å². The number of hydrogen-bond donors (Lipinski definition) is 1. The van der Waals surface area contributed by atoms with Crippen LogP contribution in [0.1, 0.15) is 57.8 Å². The molecule has 0 unspecified atom stereocenters. The Hall–Kier alpha value is -0.650. The minimum atomic E-state index is -0.726. The zero-order valence-electron chi connectivity index (χ0n) is 14.7. The van der Waals surface area contributed by atoms with E-state index < -0.39 is 5.97 Å². The lowest BCUT2D eigenvalue weighted by molar-refractivity contribution is -0.137. The molecule has 0 aromatic carbocycles. The average molecular weight is 340 g/mol. The van der Waals surface area contributed by atoms with Crippen molar-refractivity contribution < 1.29 is 24.1 Å². The van der Waals surface area contributed by atoms with Gasteiger partial charge in [0.25, 0.3) is 0 Å². The van der Waals surface area contributed by atoms with E-state index in [1.54, 1.807) is 0 Å². The van der Waals surface area contributed by atoms with Gasteiger partial charge in [-0.25, -0.2) is 0 Å². The molecule has 2 aliphatic heterocycles. The zero-order valence-corrected chi connectivity index (χ0v) is 14.7. The molecule has 2 heterocycles. The average Bonchev–Trinajstić information content (AvgIpc) is 3.28. The second kappa shape index (κ2) is 9.16. The highest BCUT2D eigenvalue weighted by Gasteiger charge is 2.48. The van der Waals surface area contributed by atoms with E-state index >= 15 is 0 Å². The summed E-state index contributed by atoms with van der Waals surface area (Å²) in [5.41, 5.74) is 0. The van der Waals surface area contributed by atoms with Gasteiger partial charge in [0, 0.05) is 31.5 Å². The van der Waals surface area contributed by atoms with Crippen molar-refractivity contribution in [1.29, 1.82) is 0 Å². The normalized spacial score (nSPS) is 32.7. The number of aliphatic carboxylic acids is 1. The highest BCUT2D eigenvalue weighted by molar-refractivity contribution is 5.66. The first-order valence-electron chi connectivity index (χ1n) is 9.77. The summed E-state index contributed by atoms with van der Waals surface area (Å²) in [5.74, 6) is 0.973. The van der Waals surface area contributed by atoms with Crippen molar-refractivity contribution in [3.05, 3.63) is 0 Å². The van der Waals surface area contributed by atoms with E-state index in [4.69, 9.17) is 19.3 Å². The predicted octanol–water partition coefficient (Wildman–Crippen LogP) is 3.26. The molecule has 1 N–H and O–H groups in total. The largest absolute Gasteiger partial charge is 0.481 e. The Balaban J connectivity index is 1.34. The fourth-order valence-corrected chi connectivity index (χ4v) is 4.58. The third-order valence-corrected chi connectivity index (χ3v) is 5.97. The summed E-state index contributed by atoms with van der Waals surface area (Å²) in [7, 11) is 0. The van der Waals surface area contributed by atoms with Crippen LogP contribution in [0, 0.1) is 17.8 Å². The Morgan fingerprint density at radius 2 is 1.58 bits per heavy atom. The van der Waals surface area contributed by atoms with Crippen LogP contribution >= 0.6 is 0 Å². The molecule has 3 fully saturated rings. The second-order valence-electron chi connectivity index (χ2n) is 7.73. The van der Waals surface area contributed by atoms with Crippen LogP contribution in [0.3, 0.4) is 0 Å². The summed E-state index contributed by atoms with van der Waals surface area (Å²) in [4.78, 5) is 10.5. The Bertz CT molecular complexity index is 393. The minimum absolute atomic E-state index is 0.234. The van der Waals surface area contributed by atoms with Crippen LogP contribution < -0.4 is 0 Å². The van der Waals surface area contributed by atoms with Crippen LogP contribution in [-0.2, 0) is 19.0 Å². The fourth-order valence-electron chi connectivity index (χ4n) is 4.58. The van der Waals surface area contributed by atoms with Crippen LogP contribution in [0.25, 0.3) is 0 Å². The van der Waals surface area contributed by atoms with Crippen LogP contribution in [-0.4, -0.2) is 49.7 Å². The molecule has 0 radical (unpaired) electrons. The maximum atomic E-state index is 10.5. The molecule has 24 heavy (non-hydrogen) atoms. The van der Waals surface area contributed by atoms with Crippen molar-refractivity contribution in [2.45, 2.75) is 70.0 Å². The summed E-state index contributed by atoms with van der Waals surface area (Å²) in [5, 5.41) is 8.64. The van der Waals surface area contributed by atoms with Gasteiger partial charge in [0.1, 0.15) is 0 Å². The maximum Gasteiger partial charge on any atom is 0.303 e. The molecule has 0 aromatic rings. The molecule has 4 atom stereocenters. The van der Waals surface area contributed by atoms with Gasteiger partial charge in [0.2, 0.25) is 0 Å². The summed E-state index contributed by atoms with van der Waals surface area (Å²) in [6, 6.07) is 0. The van der Waals surface area contributed by atoms with Gasteiger partial charge < -0.3 is 19.3 Å². The van der Waals surface area contributed by atoms with Gasteiger partial charge in [-0.2, -0.15) is 0 Å². The van der Waals surface area contributed by atoms with E-state index in [0.29, 0.717) is 37.1 Å². The third-order valence-electron chi connectivity index (χ3n) is 5.97. The van der Waals surface area contributed by atoms with E-state index in [-0.39, 0.29) is 6.42 Å². The molecule has 0 aromatic heterocycles. The van der Waals surface area contributed by atoms with E-state index in [9.17, 15) is 4.79 Å². The summed E-state index contributed by atoms with van der Waals surface area (Å²) < 4.78 is 18.0. The van der Waals surface area contributed by atoms with Gasteiger partial charge in [-0.1, -0.05) is 12.8 Å². The SMILES string of the molecule is O=C(O)CCCCOC[C@@H]1[C@H](COCC2CCCC2)[C@@H]2CC[C@H]1O2. The number of hydrogen-bond acceptors (Lipinski definition) is 4. The van der Waals surface area contributed by atoms with E-state index in [2.05, 4.69) is 0 Å². The first-order chi connectivity index (χ1) is 11.7. The van der Waals surface area contributed by atoms with Gasteiger partial charge in [-0.05, 0) is 44.4 Å². The van der Waals surface area contributed by atoms with Crippen LogP contribution in [0.4, 0.5) is 0 Å². The van der Waals surface area contributed by atoms with Crippen molar-refractivity contribution in [2.75, 3.05) is 26.4 Å². The first-order valence-corrected chi connectivity index (χ1v) is 9.77. The van der Waals surface area contributed by atoms with Gasteiger partial charge in [0.15, 0.2) is 0 Å². The number of carboxylic acid groups (broad SMARTS) is 1. The van der Waals surface area contributed by atoms with Crippen LogP contribution in [0.5, 0.6) is 0 Å². The number of carbonyl (C=O) groups is 1. The van der Waals surface area contributed by atoms with Crippen molar-refractivity contribution in [3.63, 3.8) is 0 Å². The number of unbranched alkanes of at least 4 members (excludes halogenated alkanes) is 1. The third kappa shape index (κ3) is 4.93. The van der Waals surface area contributed by atoms with Crippen molar-refractivity contribution >= 4 is 5.97 Å². The number of carboxylic acids is 1. The number of rotatable bonds is 11. The second-order valence-corrected chi connectivity index (χ2v) is 7.73. The monoisotopic (exact) mass is 340 g/mol. The lowest BCUT2D eigenvalue weighted by Crippen LogP contribution is -2.34. The Morgan fingerprint density at radius 1 is 0.917 bits per heavy atom. The lowest BCUT2D eigenvalue weighted by atomic mass is 9.80. The van der Waals surface area contributed by atoms with Crippen LogP contribution in [0.2, 0.25) is 0 Å². The molecule has 138 valence electrons. The van der Waals surface area contributed by atoms with Crippen molar-refractivity contribution in [1.82, 2.24) is 0 Å². The van der Waals surface area contributed by atoms with Crippen LogP contribution in [0.15, 0.2) is 0 Å². The zero-order chi connectivity index (χ0) is 16.8. The number of fused-ring (bicyclic) bond motifs is 2. The molecular formula is C19H32O5. The molecule has 5 heteroatoms. The Labute approximate surface area is 145 Å². The van der Waals surface area contributed by atoms with E-state index in [1.165, 1.54) is 25.7 Å². The first kappa shape index (κ1) is 18.2. The molecule has 3 aliphatic rings. The topological polar surface area (TPSA) is 65.0 Å². The lowest BCUT2D eigenvalue weighted by Gasteiger charge is -2.28. The Kier molecular flexibility index (Phi) is 6.93. The minimum Gasteiger partial charge on any atom is -0.481 e. The van der Waals surface area contributed by atoms with Gasteiger partial charge in [0.05, 0.1) is 25.4 Å². The van der Waals surface area contributed by atoms with Crippen molar-refractivity contribution in [2.24, 2.45) is 17.8 Å². The maximum absolute atomic E-state index is 10.5. The molecular weight excluding hydrogens is 308 g/mol. The summed E-state index contributed by atoms with van der Waals surface area (Å²) in [6.45, 7) is 3.10. The number of ether oxygens (including phenoxy) is 3. The molecule has 0 amide bonds. The van der Waals surface area contributed by atoms with E-state index in [0.717, 1.165) is 45.0 Å². The molecule has 1 saturated carbocycles. The highest BCUT2D eigenvalue weighted by atomic mass is 16.5. The summed E-state index contributed by atoms with van der Waals surface area (Å²) in [6.07, 6.45) is 10.1. The van der Waals surface area contributed by atoms with Gasteiger partial charge >= 0.3 is 5.97 Å². The molecule has 1 aliphatic carbocycles. The smallest absolute Gasteiger partial charge is 0.303 e. The molecule has 3 rings (SSSR count). The van der Waals surface area contributed by atoms with Crippen molar-refractivity contribution in [3.8, 4) is 0 Å². The standard InChI is InChI=1S/C19H32O5/c20-19(21)7-3-4-10-22-12-15-16(18-9-8-17(15)24-18)13-23-11-14-5-1-2-6-14/h14-18H,1-13H2,(H,20,21)/t15-,16+,17-,18+/m1/s1. The predicted molar refractivity (Wildman–Crippen MR) is 90.0 cm³/mol. The quantitative estimate of drug-likeness (QED) is 0.585. The fraction of sp³-hybridized carbons (Fsp3) is 0.947.